The molecule has 132 valence electrons. The van der Waals surface area contributed by atoms with Crippen LogP contribution in [0.2, 0.25) is 0 Å². The van der Waals surface area contributed by atoms with Crippen molar-refractivity contribution in [1.29, 1.82) is 0 Å². The Morgan fingerprint density at radius 1 is 0.571 bits per heavy atom. The molecule has 1 heteroatoms. The first kappa shape index (κ1) is 17.5. The summed E-state index contributed by atoms with van der Waals surface area (Å²) in [6.07, 6.45) is 3.55. The minimum absolute atomic E-state index is 0.899. The molecule has 0 atom stereocenters. The van der Waals surface area contributed by atoms with Gasteiger partial charge in [0, 0.05) is 29.1 Å². The summed E-state index contributed by atoms with van der Waals surface area (Å²) in [5.41, 5.74) is 6.42. The van der Waals surface area contributed by atoms with Crippen LogP contribution in [-0.2, 0) is 0 Å². The highest BCUT2D eigenvalue weighted by molar-refractivity contribution is 6.04. The third kappa shape index (κ3) is 4.09. The zero-order chi connectivity index (χ0) is 19.0. The summed E-state index contributed by atoms with van der Waals surface area (Å²) in [6.45, 7) is 0. The molecule has 0 amide bonds. The Kier molecular flexibility index (Phi) is 5.42. The molecule has 0 bridgehead atoms. The van der Waals surface area contributed by atoms with Gasteiger partial charge in [-0.1, -0.05) is 103 Å². The molecule has 0 saturated heterocycles. The van der Waals surface area contributed by atoms with Crippen LogP contribution in [-0.4, -0.2) is 4.98 Å². The molecule has 1 nitrogen and oxygen atoms in total. The SMILES string of the molecule is C(#Cc1cccnc1)C(=C(c1ccccc1)c1ccccc1)c1ccccc1. The number of allylic oxidation sites excluding steroid dienone is 1. The second kappa shape index (κ2) is 8.66. The van der Waals surface area contributed by atoms with Gasteiger partial charge in [0.2, 0.25) is 0 Å². The zero-order valence-corrected chi connectivity index (χ0v) is 15.4. The molecule has 4 rings (SSSR count). The van der Waals surface area contributed by atoms with E-state index >= 15 is 0 Å². The maximum absolute atomic E-state index is 4.18. The summed E-state index contributed by atoms with van der Waals surface area (Å²) in [5, 5.41) is 0. The lowest BCUT2D eigenvalue weighted by Gasteiger charge is -2.13. The average molecular weight is 357 g/mol. The van der Waals surface area contributed by atoms with E-state index in [4.69, 9.17) is 0 Å². The molecule has 4 aromatic rings. The Morgan fingerprint density at radius 3 is 1.61 bits per heavy atom. The molecule has 28 heavy (non-hydrogen) atoms. The first-order valence-electron chi connectivity index (χ1n) is 9.24. The fourth-order valence-electron chi connectivity index (χ4n) is 3.12. The van der Waals surface area contributed by atoms with E-state index in [2.05, 4.69) is 89.6 Å². The Bertz CT molecular complexity index is 1080. The van der Waals surface area contributed by atoms with E-state index in [1.54, 1.807) is 12.4 Å². The fourth-order valence-corrected chi connectivity index (χ4v) is 3.12. The Hall–Kier alpha value is -3.89. The Morgan fingerprint density at radius 2 is 1.11 bits per heavy atom. The van der Waals surface area contributed by atoms with Crippen molar-refractivity contribution in [1.82, 2.24) is 4.98 Å². The van der Waals surface area contributed by atoms with Crippen LogP contribution < -0.4 is 0 Å². The van der Waals surface area contributed by atoms with Crippen molar-refractivity contribution < 1.29 is 0 Å². The minimum atomic E-state index is 0.899. The van der Waals surface area contributed by atoms with E-state index in [0.717, 1.165) is 33.4 Å². The van der Waals surface area contributed by atoms with Crippen molar-refractivity contribution in [2.24, 2.45) is 0 Å². The quantitative estimate of drug-likeness (QED) is 0.319. The van der Waals surface area contributed by atoms with Crippen LogP contribution in [0.25, 0.3) is 11.1 Å². The summed E-state index contributed by atoms with van der Waals surface area (Å²) < 4.78 is 0. The van der Waals surface area contributed by atoms with Gasteiger partial charge in [0.1, 0.15) is 0 Å². The predicted octanol–water partition coefficient (Wildman–Crippen LogP) is 6.09. The third-order valence-electron chi connectivity index (χ3n) is 4.43. The van der Waals surface area contributed by atoms with Gasteiger partial charge >= 0.3 is 0 Å². The lowest BCUT2D eigenvalue weighted by molar-refractivity contribution is 1.31. The van der Waals surface area contributed by atoms with Crippen molar-refractivity contribution >= 4 is 11.1 Å². The third-order valence-corrected chi connectivity index (χ3v) is 4.43. The Balaban J connectivity index is 2.00. The van der Waals surface area contributed by atoms with Gasteiger partial charge in [0.15, 0.2) is 0 Å². The van der Waals surface area contributed by atoms with Crippen molar-refractivity contribution in [2.75, 3.05) is 0 Å². The summed E-state index contributed by atoms with van der Waals surface area (Å²) in [4.78, 5) is 4.18. The average Bonchev–Trinajstić information content (AvgIpc) is 2.79. The maximum atomic E-state index is 4.18. The molecular weight excluding hydrogens is 338 g/mol. The van der Waals surface area contributed by atoms with Gasteiger partial charge < -0.3 is 0 Å². The molecule has 0 spiro atoms. The number of nitrogens with zero attached hydrogens (tertiary/aromatic N) is 1. The topological polar surface area (TPSA) is 12.9 Å². The van der Waals surface area contributed by atoms with E-state index in [9.17, 15) is 0 Å². The normalized spacial score (nSPS) is 9.86. The number of hydrogen-bond donors (Lipinski definition) is 0. The van der Waals surface area contributed by atoms with Crippen molar-refractivity contribution in [3.05, 3.63) is 138 Å². The molecule has 0 N–H and O–H groups in total. The minimum Gasteiger partial charge on any atom is -0.263 e. The van der Waals surface area contributed by atoms with Crippen molar-refractivity contribution in [3.8, 4) is 11.8 Å². The summed E-state index contributed by atoms with van der Waals surface area (Å²) in [6, 6.07) is 35.1. The molecule has 0 aliphatic carbocycles. The van der Waals surface area contributed by atoms with Crippen LogP contribution in [0.4, 0.5) is 0 Å². The predicted molar refractivity (Wildman–Crippen MR) is 116 cm³/mol. The molecule has 3 aromatic carbocycles. The van der Waals surface area contributed by atoms with Crippen LogP contribution in [0.3, 0.4) is 0 Å². The van der Waals surface area contributed by atoms with Crippen LogP contribution in [0.5, 0.6) is 0 Å². The molecular formula is C27H19N. The molecule has 0 aliphatic rings. The zero-order valence-electron chi connectivity index (χ0n) is 15.4. The lowest BCUT2D eigenvalue weighted by Crippen LogP contribution is -1.94. The molecule has 0 fully saturated rings. The molecule has 1 aromatic heterocycles. The molecule has 1 heterocycles. The molecule has 0 unspecified atom stereocenters. The van der Waals surface area contributed by atoms with E-state index in [1.165, 1.54) is 0 Å². The highest BCUT2D eigenvalue weighted by Crippen LogP contribution is 2.32. The lowest BCUT2D eigenvalue weighted by atomic mass is 9.89. The summed E-state index contributed by atoms with van der Waals surface area (Å²) in [5.74, 6) is 6.73. The Labute approximate surface area is 166 Å². The number of rotatable bonds is 3. The van der Waals surface area contributed by atoms with Gasteiger partial charge in [-0.25, -0.2) is 0 Å². The van der Waals surface area contributed by atoms with Crippen LogP contribution in [0, 0.1) is 11.8 Å². The van der Waals surface area contributed by atoms with Crippen molar-refractivity contribution in [3.63, 3.8) is 0 Å². The number of aromatic nitrogens is 1. The first-order chi connectivity index (χ1) is 13.9. The smallest absolute Gasteiger partial charge is 0.0432 e. The molecule has 0 saturated carbocycles. The number of hydrogen-bond acceptors (Lipinski definition) is 1. The van der Waals surface area contributed by atoms with E-state index in [-0.39, 0.29) is 0 Å². The first-order valence-corrected chi connectivity index (χ1v) is 9.24. The van der Waals surface area contributed by atoms with E-state index < -0.39 is 0 Å². The van der Waals surface area contributed by atoms with Gasteiger partial charge in [-0.05, 0) is 28.8 Å². The largest absolute Gasteiger partial charge is 0.263 e. The second-order valence-corrected chi connectivity index (χ2v) is 6.34. The van der Waals surface area contributed by atoms with Gasteiger partial charge in [0.05, 0.1) is 0 Å². The van der Waals surface area contributed by atoms with E-state index in [1.807, 2.05) is 30.3 Å². The summed E-state index contributed by atoms with van der Waals surface area (Å²) in [7, 11) is 0. The number of benzene rings is 3. The highest BCUT2D eigenvalue weighted by Gasteiger charge is 2.12. The van der Waals surface area contributed by atoms with Crippen LogP contribution >= 0.6 is 0 Å². The maximum Gasteiger partial charge on any atom is 0.0432 e. The van der Waals surface area contributed by atoms with Gasteiger partial charge in [-0.3, -0.25) is 4.98 Å². The summed E-state index contributed by atoms with van der Waals surface area (Å²) >= 11 is 0. The molecule has 0 radical (unpaired) electrons. The standard InChI is InChI=1S/C27H19N/c1-4-12-23(13-5-1)26(19-18-22-11-10-20-28-21-22)27(24-14-6-2-7-15-24)25-16-8-3-9-17-25/h1-17,20-21H. The van der Waals surface area contributed by atoms with Crippen LogP contribution in [0.15, 0.2) is 116 Å². The molecule has 0 aliphatic heterocycles. The van der Waals surface area contributed by atoms with Gasteiger partial charge in [-0.15, -0.1) is 0 Å². The fraction of sp³-hybridized carbons (Fsp3) is 0. The number of pyridine rings is 1. The van der Waals surface area contributed by atoms with E-state index in [0.29, 0.717) is 0 Å². The van der Waals surface area contributed by atoms with Crippen LogP contribution in [0.1, 0.15) is 22.3 Å². The van der Waals surface area contributed by atoms with Crippen molar-refractivity contribution in [2.45, 2.75) is 0 Å². The van der Waals surface area contributed by atoms with Gasteiger partial charge in [0.25, 0.3) is 0 Å². The van der Waals surface area contributed by atoms with Gasteiger partial charge in [-0.2, -0.15) is 0 Å². The highest BCUT2D eigenvalue weighted by atomic mass is 14.6. The monoisotopic (exact) mass is 357 g/mol. The second-order valence-electron chi connectivity index (χ2n) is 6.34.